The Morgan fingerprint density at radius 1 is 0.787 bits per heavy atom. The lowest BCUT2D eigenvalue weighted by atomic mass is 9.97. The molecule has 0 saturated carbocycles. The Morgan fingerprint density at radius 2 is 1.34 bits per heavy atom. The van der Waals surface area contributed by atoms with Crippen LogP contribution in [0.3, 0.4) is 0 Å². The van der Waals surface area contributed by atoms with Crippen LogP contribution in [0.15, 0.2) is 67.3 Å². The maximum atomic E-state index is 12.7. The average Bonchev–Trinajstić information content (AvgIpc) is 3.10. The number of amides is 1. The van der Waals surface area contributed by atoms with Crippen molar-refractivity contribution in [3.63, 3.8) is 0 Å². The van der Waals surface area contributed by atoms with Crippen molar-refractivity contribution in [3.05, 3.63) is 83.9 Å². The van der Waals surface area contributed by atoms with Gasteiger partial charge in [-0.25, -0.2) is 9.59 Å². The van der Waals surface area contributed by atoms with E-state index < -0.39 is 5.60 Å². The van der Waals surface area contributed by atoms with E-state index in [0.29, 0.717) is 43.7 Å². The Balaban J connectivity index is 0.000000257. The monoisotopic (exact) mass is 643 g/mol. The number of hydrogen-bond acceptors (Lipinski definition) is 9. The number of hydrogen-bond donors (Lipinski definition) is 1. The molecule has 2 saturated heterocycles. The van der Waals surface area contributed by atoms with Gasteiger partial charge in [-0.3, -0.25) is 9.97 Å². The lowest BCUT2D eigenvalue weighted by molar-refractivity contribution is 0.0224. The van der Waals surface area contributed by atoms with Gasteiger partial charge in [0.1, 0.15) is 5.60 Å². The van der Waals surface area contributed by atoms with Crippen molar-refractivity contribution in [2.75, 3.05) is 55.7 Å². The largest absolute Gasteiger partial charge is 0.462 e. The molecule has 3 aromatic rings. The van der Waals surface area contributed by atoms with Gasteiger partial charge in [-0.05, 0) is 112 Å². The zero-order valence-corrected chi connectivity index (χ0v) is 28.0. The molecule has 10 heteroatoms. The summed E-state index contributed by atoms with van der Waals surface area (Å²) in [4.78, 5) is 39.6. The molecule has 0 spiro atoms. The second-order valence-electron chi connectivity index (χ2n) is 13.7. The van der Waals surface area contributed by atoms with E-state index in [1.54, 1.807) is 4.90 Å². The highest BCUT2D eigenvalue weighted by Gasteiger charge is 2.27. The van der Waals surface area contributed by atoms with Crippen molar-refractivity contribution in [3.8, 4) is 0 Å². The van der Waals surface area contributed by atoms with Gasteiger partial charge in [0, 0.05) is 82.0 Å². The SMILES string of the molecule is CC(C)(C)OC(=O)N1CCc2ccc(C(=O)OCC3CCN(c4ccncc4)CC3)cc2C1.OCC1CCN(c2ccncc2)CC1. The molecule has 10 nitrogen and oxygen atoms in total. The number of pyridine rings is 2. The zero-order valence-electron chi connectivity index (χ0n) is 28.0. The minimum absolute atomic E-state index is 0.302. The van der Waals surface area contributed by atoms with Gasteiger partial charge in [0.05, 0.1) is 12.2 Å². The molecule has 5 heterocycles. The molecule has 0 atom stereocenters. The highest BCUT2D eigenvalue weighted by molar-refractivity contribution is 5.89. The molecular formula is C37H49N5O5. The number of aromatic nitrogens is 2. The fraction of sp³-hybridized carbons (Fsp3) is 0.514. The van der Waals surface area contributed by atoms with Gasteiger partial charge >= 0.3 is 12.1 Å². The van der Waals surface area contributed by atoms with Crippen molar-refractivity contribution in [1.29, 1.82) is 0 Å². The fourth-order valence-corrected chi connectivity index (χ4v) is 6.28. The predicted molar refractivity (Wildman–Crippen MR) is 183 cm³/mol. The van der Waals surface area contributed by atoms with Gasteiger partial charge in [-0.1, -0.05) is 6.07 Å². The number of aliphatic hydroxyl groups is 1. The number of carbonyl (C=O) groups excluding carboxylic acids is 2. The third-order valence-electron chi connectivity index (χ3n) is 9.10. The third kappa shape index (κ3) is 9.91. The number of benzene rings is 1. The fourth-order valence-electron chi connectivity index (χ4n) is 6.28. The number of rotatable bonds is 6. The standard InChI is InChI=1S/C26H33N3O4.C11H16N2O/c1-26(2,3)33-25(31)29-15-10-20-4-5-21(16-22(20)17-29)24(30)32-18-19-8-13-28(14-9-19)23-6-11-27-12-7-23;14-9-10-3-7-13(8-4-10)11-1-5-12-6-2-11/h4-7,11-12,16,19H,8-10,13-15,17-18H2,1-3H3;1-2,5-6,10,14H,3-4,7-9H2. The molecule has 252 valence electrons. The van der Waals surface area contributed by atoms with E-state index in [0.717, 1.165) is 69.4 Å². The number of aliphatic hydroxyl groups excluding tert-OH is 1. The van der Waals surface area contributed by atoms with Crippen LogP contribution in [0.4, 0.5) is 16.2 Å². The lowest BCUT2D eigenvalue weighted by Gasteiger charge is -2.33. The minimum atomic E-state index is -0.530. The summed E-state index contributed by atoms with van der Waals surface area (Å²) in [6, 6.07) is 13.8. The Labute approximate surface area is 278 Å². The second-order valence-corrected chi connectivity index (χ2v) is 13.7. The van der Waals surface area contributed by atoms with E-state index in [4.69, 9.17) is 14.6 Å². The first kappa shape index (κ1) is 34.2. The van der Waals surface area contributed by atoms with Crippen LogP contribution in [-0.2, 0) is 22.4 Å². The van der Waals surface area contributed by atoms with Gasteiger partial charge < -0.3 is 29.3 Å². The van der Waals surface area contributed by atoms with E-state index >= 15 is 0 Å². The van der Waals surface area contributed by atoms with Crippen molar-refractivity contribution >= 4 is 23.4 Å². The molecule has 2 fully saturated rings. The van der Waals surface area contributed by atoms with Crippen LogP contribution >= 0.6 is 0 Å². The van der Waals surface area contributed by atoms with Crippen LogP contribution in [0.1, 0.15) is 67.9 Å². The van der Waals surface area contributed by atoms with E-state index in [-0.39, 0.29) is 12.1 Å². The Morgan fingerprint density at radius 3 is 1.87 bits per heavy atom. The minimum Gasteiger partial charge on any atom is -0.462 e. The quantitative estimate of drug-likeness (QED) is 0.337. The van der Waals surface area contributed by atoms with Gasteiger partial charge in [-0.2, -0.15) is 0 Å². The maximum Gasteiger partial charge on any atom is 0.410 e. The molecule has 3 aliphatic heterocycles. The number of carbonyl (C=O) groups is 2. The third-order valence-corrected chi connectivity index (χ3v) is 9.10. The lowest BCUT2D eigenvalue weighted by Crippen LogP contribution is -2.40. The Bertz CT molecular complexity index is 1430. The molecule has 6 rings (SSSR count). The molecule has 0 unspecified atom stereocenters. The number of fused-ring (bicyclic) bond motifs is 1. The highest BCUT2D eigenvalue weighted by atomic mass is 16.6. The predicted octanol–water partition coefficient (Wildman–Crippen LogP) is 5.74. The van der Waals surface area contributed by atoms with Crippen LogP contribution < -0.4 is 9.80 Å². The molecule has 2 aromatic heterocycles. The van der Waals surface area contributed by atoms with Crippen LogP contribution in [0.2, 0.25) is 0 Å². The summed E-state index contributed by atoms with van der Waals surface area (Å²) in [6.45, 7) is 11.4. The van der Waals surface area contributed by atoms with Gasteiger partial charge in [0.25, 0.3) is 0 Å². The first-order valence-electron chi connectivity index (χ1n) is 16.9. The summed E-state index contributed by atoms with van der Waals surface area (Å²) < 4.78 is 11.2. The first-order chi connectivity index (χ1) is 22.7. The maximum absolute atomic E-state index is 12.7. The molecule has 0 bridgehead atoms. The van der Waals surface area contributed by atoms with E-state index in [1.165, 1.54) is 11.4 Å². The Hall–Kier alpha value is -4.18. The number of ether oxygens (including phenoxy) is 2. The number of anilines is 2. The van der Waals surface area contributed by atoms with E-state index in [1.807, 2.05) is 88.0 Å². The summed E-state index contributed by atoms with van der Waals surface area (Å²) in [7, 11) is 0. The van der Waals surface area contributed by atoms with E-state index in [2.05, 4.69) is 19.8 Å². The normalized spacial score (nSPS) is 17.3. The van der Waals surface area contributed by atoms with Crippen LogP contribution in [-0.4, -0.2) is 83.6 Å². The summed E-state index contributed by atoms with van der Waals surface area (Å²) in [6.07, 6.45) is 11.9. The van der Waals surface area contributed by atoms with Gasteiger partial charge in [-0.15, -0.1) is 0 Å². The van der Waals surface area contributed by atoms with Crippen molar-refractivity contribution in [1.82, 2.24) is 14.9 Å². The average molecular weight is 644 g/mol. The van der Waals surface area contributed by atoms with Crippen LogP contribution in [0.25, 0.3) is 0 Å². The zero-order chi connectivity index (χ0) is 33.2. The molecule has 0 aliphatic carbocycles. The second kappa shape index (κ2) is 16.1. The number of piperidine rings is 2. The van der Waals surface area contributed by atoms with Crippen molar-refractivity contribution in [2.24, 2.45) is 11.8 Å². The Kier molecular flexibility index (Phi) is 11.7. The molecule has 1 N–H and O–H groups in total. The summed E-state index contributed by atoms with van der Waals surface area (Å²) >= 11 is 0. The summed E-state index contributed by atoms with van der Waals surface area (Å²) in [5, 5.41) is 9.02. The van der Waals surface area contributed by atoms with Gasteiger partial charge in [0.2, 0.25) is 0 Å². The van der Waals surface area contributed by atoms with Crippen LogP contribution in [0, 0.1) is 11.8 Å². The van der Waals surface area contributed by atoms with Gasteiger partial charge in [0.15, 0.2) is 0 Å². The molecule has 3 aliphatic rings. The molecule has 47 heavy (non-hydrogen) atoms. The topological polar surface area (TPSA) is 108 Å². The van der Waals surface area contributed by atoms with Crippen molar-refractivity contribution < 1.29 is 24.2 Å². The van der Waals surface area contributed by atoms with Crippen LogP contribution in [0.5, 0.6) is 0 Å². The van der Waals surface area contributed by atoms with E-state index in [9.17, 15) is 9.59 Å². The molecule has 1 amide bonds. The first-order valence-corrected chi connectivity index (χ1v) is 16.9. The van der Waals surface area contributed by atoms with Crippen molar-refractivity contribution in [2.45, 2.75) is 65.0 Å². The summed E-state index contributed by atoms with van der Waals surface area (Å²) in [5.41, 5.74) is 4.58. The number of nitrogens with zero attached hydrogens (tertiary/aromatic N) is 5. The smallest absolute Gasteiger partial charge is 0.410 e. The molecule has 1 aromatic carbocycles. The molecule has 0 radical (unpaired) electrons. The molecular weight excluding hydrogens is 594 g/mol. The highest BCUT2D eigenvalue weighted by Crippen LogP contribution is 2.26. The summed E-state index contributed by atoms with van der Waals surface area (Å²) in [5.74, 6) is 0.573. The number of esters is 1.